The second-order valence-electron chi connectivity index (χ2n) is 17.2. The predicted octanol–water partition coefficient (Wildman–Crippen LogP) is 6.85. The number of rotatable bonds is 22. The summed E-state index contributed by atoms with van der Waals surface area (Å²) in [6.45, 7) is 3.90. The lowest BCUT2D eigenvalue weighted by atomic mass is 9.77. The van der Waals surface area contributed by atoms with Gasteiger partial charge >= 0.3 is 17.1 Å². The summed E-state index contributed by atoms with van der Waals surface area (Å²) < 4.78 is 33.1. The fourth-order valence-corrected chi connectivity index (χ4v) is 12.2. The maximum Gasteiger partial charge on any atom is 0.356 e. The number of esters is 1. The largest absolute Gasteiger partial charge is 0.614 e. The molecule has 0 radical (unpaired) electrons. The van der Waals surface area contributed by atoms with Crippen LogP contribution >= 0.6 is 23.1 Å². The van der Waals surface area contributed by atoms with Crippen molar-refractivity contribution in [3.63, 3.8) is 0 Å². The van der Waals surface area contributed by atoms with Crippen molar-refractivity contribution in [1.82, 2.24) is 30.0 Å². The van der Waals surface area contributed by atoms with E-state index in [2.05, 4.69) is 26.0 Å². The van der Waals surface area contributed by atoms with Gasteiger partial charge in [-0.2, -0.15) is 0 Å². The van der Waals surface area contributed by atoms with E-state index in [9.17, 15) is 28.5 Å². The minimum Gasteiger partial charge on any atom is -0.614 e. The summed E-state index contributed by atoms with van der Waals surface area (Å²) in [5, 5.41) is 19.1. The second kappa shape index (κ2) is 24.8. The highest BCUT2D eigenvalue weighted by Crippen LogP contribution is 2.42. The van der Waals surface area contributed by atoms with Crippen LogP contribution in [0.3, 0.4) is 0 Å². The first-order valence-electron chi connectivity index (χ1n) is 24.4. The van der Waals surface area contributed by atoms with Crippen molar-refractivity contribution in [3.05, 3.63) is 234 Å². The first-order valence-corrected chi connectivity index (χ1v) is 27.5. The Morgan fingerprint density at radius 2 is 1.40 bits per heavy atom. The van der Waals surface area contributed by atoms with Gasteiger partial charge in [-0.15, -0.1) is 16.4 Å². The number of fused-ring (bicyclic) bond motifs is 1. The Labute approximate surface area is 454 Å². The summed E-state index contributed by atoms with van der Waals surface area (Å²) in [6, 6.07) is 46.5. The summed E-state index contributed by atoms with van der Waals surface area (Å²) in [4.78, 5) is 80.5. The molecule has 5 aromatic carbocycles. The van der Waals surface area contributed by atoms with Gasteiger partial charge in [0, 0.05) is 24.2 Å². The smallest absolute Gasteiger partial charge is 0.356 e. The van der Waals surface area contributed by atoms with Crippen molar-refractivity contribution in [2.75, 3.05) is 31.4 Å². The second-order valence-corrected chi connectivity index (χ2v) is 20.5. The molecule has 0 bridgehead atoms. The predicted molar refractivity (Wildman–Crippen MR) is 293 cm³/mol. The molecule has 394 valence electrons. The molecular weight excluding hydrogens is 1040 g/mol. The van der Waals surface area contributed by atoms with Crippen LogP contribution in [0.4, 0.5) is 5.13 Å². The number of benzene rings is 5. The fourth-order valence-electron chi connectivity index (χ4n) is 9.07. The van der Waals surface area contributed by atoms with Gasteiger partial charge < -0.3 is 34.2 Å². The SMILES string of the molecule is CCOC(Cn1c(S/C=C/C2=C(C(=O)OC(c3ccccc3)c3ccccc3)N3C(=O)C(NC(=O)/C(=N/OC)c4csc(NC(c5ccccc5)(c5ccccc5)c5ccccc5)n4)C3[S+]([O-])C2)n[nH]c(=O)c1=O)OCC. The van der Waals surface area contributed by atoms with Crippen LogP contribution in [0, 0.1) is 0 Å². The van der Waals surface area contributed by atoms with E-state index in [0.717, 1.165) is 37.9 Å². The number of carbonyl (C=O) groups is 3. The van der Waals surface area contributed by atoms with Crippen LogP contribution in [-0.2, 0) is 56.7 Å². The minimum atomic E-state index is -1.92. The molecule has 2 aliphatic heterocycles. The highest BCUT2D eigenvalue weighted by atomic mass is 32.2. The molecule has 0 saturated carbocycles. The summed E-state index contributed by atoms with van der Waals surface area (Å²) in [6.07, 6.45) is -0.331. The lowest BCUT2D eigenvalue weighted by Crippen LogP contribution is -2.75. The number of carbonyl (C=O) groups excluding carboxylic acids is 3. The number of H-pyrrole nitrogens is 1. The number of aromatic amines is 1. The van der Waals surface area contributed by atoms with Gasteiger partial charge in [-0.05, 0) is 64.3 Å². The van der Waals surface area contributed by atoms with Gasteiger partial charge in [0.05, 0.1) is 6.54 Å². The quantitative estimate of drug-likeness (QED) is 0.00726. The number of hydrogen-bond acceptors (Lipinski definition) is 16. The van der Waals surface area contributed by atoms with E-state index in [4.69, 9.17) is 24.0 Å². The summed E-state index contributed by atoms with van der Waals surface area (Å²) in [5.41, 5.74) is 1.08. The third-order valence-corrected chi connectivity index (χ3v) is 15.7. The van der Waals surface area contributed by atoms with E-state index in [1.165, 1.54) is 29.9 Å². The van der Waals surface area contributed by atoms with Crippen LogP contribution in [0.1, 0.15) is 53.5 Å². The van der Waals surface area contributed by atoms with Gasteiger partial charge in [0.25, 0.3) is 11.8 Å². The topological polar surface area (TPSA) is 231 Å². The Kier molecular flexibility index (Phi) is 17.4. The Hall–Kier alpha value is -7.92. The summed E-state index contributed by atoms with van der Waals surface area (Å²) >= 11 is 0.218. The van der Waals surface area contributed by atoms with Gasteiger partial charge in [0.2, 0.25) is 5.37 Å². The Morgan fingerprint density at radius 3 is 1.94 bits per heavy atom. The number of anilines is 1. The first-order chi connectivity index (χ1) is 37.6. The molecule has 0 spiro atoms. The van der Waals surface area contributed by atoms with Crippen molar-refractivity contribution < 1.29 is 38.0 Å². The molecule has 3 N–H and O–H groups in total. The van der Waals surface area contributed by atoms with Crippen LogP contribution in [-0.4, -0.2) is 96.5 Å². The molecule has 18 nitrogen and oxygen atoms in total. The zero-order chi connectivity index (χ0) is 53.9. The normalized spacial score (nSPS) is 16.6. The number of allylic oxidation sites excluding steroid dienone is 1. The third-order valence-electron chi connectivity index (χ3n) is 12.5. The van der Waals surface area contributed by atoms with E-state index in [0.29, 0.717) is 16.3 Å². The van der Waals surface area contributed by atoms with Crippen LogP contribution < -0.4 is 21.8 Å². The van der Waals surface area contributed by atoms with Gasteiger partial charge in [-0.25, -0.2) is 14.9 Å². The third kappa shape index (κ3) is 11.6. The number of amides is 2. The zero-order valence-corrected chi connectivity index (χ0v) is 44.3. The molecule has 7 aromatic rings. The lowest BCUT2D eigenvalue weighted by Gasteiger charge is -2.49. The Balaban J connectivity index is 1.02. The van der Waals surface area contributed by atoms with E-state index in [1.807, 2.05) is 127 Å². The van der Waals surface area contributed by atoms with E-state index in [-0.39, 0.29) is 53.3 Å². The van der Waals surface area contributed by atoms with Gasteiger partial charge in [0.15, 0.2) is 34.4 Å². The maximum atomic E-state index is 14.8. The number of nitrogens with zero attached hydrogens (tertiary/aromatic N) is 5. The average molecular weight is 1090 g/mol. The van der Waals surface area contributed by atoms with Crippen LogP contribution in [0.15, 0.2) is 200 Å². The number of thiazole rings is 1. The maximum absolute atomic E-state index is 14.8. The molecule has 2 aliphatic rings. The number of thioether (sulfide) groups is 1. The van der Waals surface area contributed by atoms with Crippen LogP contribution in [0.25, 0.3) is 0 Å². The molecule has 3 unspecified atom stereocenters. The number of oxime groups is 1. The Bertz CT molecular complexity index is 3260. The number of β-lactam (4-membered cyclic amide) rings is 1. The van der Waals surface area contributed by atoms with Crippen molar-refractivity contribution in [2.24, 2.45) is 5.16 Å². The Morgan fingerprint density at radius 1 is 0.857 bits per heavy atom. The number of hydrogen-bond donors (Lipinski definition) is 3. The van der Waals surface area contributed by atoms with Gasteiger partial charge in [-0.3, -0.25) is 28.6 Å². The molecule has 21 heteroatoms. The van der Waals surface area contributed by atoms with Crippen LogP contribution in [0.2, 0.25) is 0 Å². The lowest BCUT2D eigenvalue weighted by molar-refractivity contribution is -0.154. The fraction of sp³-hybridized carbons (Fsp3) is 0.214. The molecule has 1 saturated heterocycles. The van der Waals surface area contributed by atoms with Crippen LogP contribution in [0.5, 0.6) is 0 Å². The first kappa shape index (κ1) is 53.9. The van der Waals surface area contributed by atoms with E-state index in [1.54, 1.807) is 43.5 Å². The van der Waals surface area contributed by atoms with Gasteiger partial charge in [0.1, 0.15) is 29.8 Å². The van der Waals surface area contributed by atoms with E-state index >= 15 is 0 Å². The minimum absolute atomic E-state index is 0.0465. The van der Waals surface area contributed by atoms with Crippen molar-refractivity contribution in [2.45, 2.75) is 54.9 Å². The number of ether oxygens (including phenoxy) is 3. The molecule has 2 amide bonds. The average Bonchev–Trinajstić information content (AvgIpc) is 3.94. The molecule has 9 rings (SSSR count). The van der Waals surface area contributed by atoms with Crippen molar-refractivity contribution in [1.29, 1.82) is 0 Å². The van der Waals surface area contributed by atoms with Gasteiger partial charge in [-0.1, -0.05) is 169 Å². The molecule has 1 fully saturated rings. The highest BCUT2D eigenvalue weighted by Gasteiger charge is 2.61. The van der Waals surface area contributed by atoms with Crippen molar-refractivity contribution in [3.8, 4) is 0 Å². The molecule has 77 heavy (non-hydrogen) atoms. The molecule has 2 aromatic heterocycles. The molecule has 4 heterocycles. The number of aromatic nitrogens is 4. The van der Waals surface area contributed by atoms with Crippen molar-refractivity contribution >= 4 is 62.9 Å². The summed E-state index contributed by atoms with van der Waals surface area (Å²) in [5.74, 6) is -2.77. The molecule has 0 aliphatic carbocycles. The standard InChI is InChI=1S/C56H52N8O10S3/c1-4-72-43(73-5-2)33-63-51(68)49(66)60-61-55(63)75-32-31-38-35-77(70)52-45(50(67)64(52)46(38)53(69)74-47(36-21-11-6-12-22-36)37-23-13-7-14-24-37)58-48(65)44(62-71-3)42-34-76-54(57-42)59-56(39-25-15-8-16-26-39,40-27-17-9-18-28-40)41-29-19-10-20-30-41/h6-32,34,43,45,47,52H,4-5,33,35H2,1-3H3,(H,57,59)(H,58,65)(H,60,66)/b32-31+,62-44+. The zero-order valence-electron chi connectivity index (χ0n) is 41.8. The number of nitrogens with one attached hydrogen (secondary N) is 3. The highest BCUT2D eigenvalue weighted by molar-refractivity contribution is 8.02. The monoisotopic (exact) mass is 1090 g/mol. The molecular formula is C56H52N8O10S3. The van der Waals surface area contributed by atoms with E-state index < -0.39 is 69.4 Å². The molecule has 3 atom stereocenters. The summed E-state index contributed by atoms with van der Waals surface area (Å²) in [7, 11) is 1.27.